The largest absolute Gasteiger partial charge is 0.573 e. The van der Waals surface area contributed by atoms with Crippen LogP contribution in [0.1, 0.15) is 31.4 Å². The number of benzene rings is 1. The molecular weight excluding hydrogens is 335 g/mol. The molecule has 2 amide bonds. The van der Waals surface area contributed by atoms with E-state index in [1.807, 2.05) is 0 Å². The number of hydrogen-bond acceptors (Lipinski definition) is 2. The molecule has 0 aliphatic heterocycles. The van der Waals surface area contributed by atoms with E-state index >= 15 is 0 Å². The van der Waals surface area contributed by atoms with Crippen molar-refractivity contribution in [2.75, 3.05) is 0 Å². The second-order valence-corrected chi connectivity index (χ2v) is 5.72. The Hall–Kier alpha value is -2.06. The quantitative estimate of drug-likeness (QED) is 0.788. The molecule has 1 atom stereocenters. The zero-order valence-electron chi connectivity index (χ0n) is 12.7. The second kappa shape index (κ2) is 7.23. The fourth-order valence-electron chi connectivity index (χ4n) is 2.47. The minimum Gasteiger partial charge on any atom is -0.406 e. The maximum atomic E-state index is 12.4. The molecule has 0 bridgehead atoms. The summed E-state index contributed by atoms with van der Waals surface area (Å²) >= 11 is 0. The van der Waals surface area contributed by atoms with Crippen molar-refractivity contribution in [3.63, 3.8) is 0 Å². The smallest absolute Gasteiger partial charge is 0.406 e. The van der Waals surface area contributed by atoms with Crippen LogP contribution in [0, 0.1) is 5.92 Å². The molecule has 1 aliphatic carbocycles. The van der Waals surface area contributed by atoms with Gasteiger partial charge in [0.15, 0.2) is 0 Å². The summed E-state index contributed by atoms with van der Waals surface area (Å²) < 4.78 is 65.2. The summed E-state index contributed by atoms with van der Waals surface area (Å²) in [5, 5.41) is 5.12. The first kappa shape index (κ1) is 18.3. The van der Waals surface area contributed by atoms with Crippen molar-refractivity contribution < 1.29 is 31.5 Å². The Balaban J connectivity index is 1.85. The maximum absolute atomic E-state index is 12.4. The van der Waals surface area contributed by atoms with Crippen molar-refractivity contribution >= 4 is 6.03 Å². The Kier molecular flexibility index (Phi) is 5.51. The molecule has 0 heterocycles. The molecule has 0 unspecified atom stereocenters. The number of nitrogens with one attached hydrogen (secondary N) is 2. The van der Waals surface area contributed by atoms with Crippen molar-refractivity contribution in [2.24, 2.45) is 5.92 Å². The molecule has 134 valence electrons. The highest BCUT2D eigenvalue weighted by molar-refractivity contribution is 5.74. The van der Waals surface area contributed by atoms with Crippen LogP contribution in [-0.2, 0) is 0 Å². The van der Waals surface area contributed by atoms with Crippen molar-refractivity contribution in [1.29, 1.82) is 0 Å². The summed E-state index contributed by atoms with van der Waals surface area (Å²) in [6, 6.07) is 3.82. The van der Waals surface area contributed by atoms with E-state index in [0.717, 1.165) is 6.07 Å². The molecule has 2 rings (SSSR count). The number of rotatable bonds is 5. The average Bonchev–Trinajstić information content (AvgIpc) is 2.40. The number of ether oxygens (including phenoxy) is 1. The Bertz CT molecular complexity index is 573. The van der Waals surface area contributed by atoms with Crippen LogP contribution >= 0.6 is 0 Å². The topological polar surface area (TPSA) is 50.4 Å². The van der Waals surface area contributed by atoms with Crippen molar-refractivity contribution in [2.45, 2.75) is 44.6 Å². The lowest BCUT2D eigenvalue weighted by molar-refractivity contribution is -0.274. The average molecular weight is 352 g/mol. The van der Waals surface area contributed by atoms with Gasteiger partial charge >= 0.3 is 12.4 Å². The van der Waals surface area contributed by atoms with Crippen LogP contribution in [0.4, 0.5) is 26.7 Å². The lowest BCUT2D eigenvalue weighted by Crippen LogP contribution is -2.50. The van der Waals surface area contributed by atoms with Gasteiger partial charge in [0.2, 0.25) is 6.43 Å². The molecule has 0 aromatic heterocycles. The zero-order chi connectivity index (χ0) is 17.9. The van der Waals surface area contributed by atoms with Gasteiger partial charge in [0, 0.05) is 12.0 Å². The third kappa shape index (κ3) is 5.24. The van der Waals surface area contributed by atoms with Crippen LogP contribution in [-0.4, -0.2) is 24.9 Å². The Labute approximate surface area is 135 Å². The number of urea groups is 1. The first-order chi connectivity index (χ1) is 11.1. The van der Waals surface area contributed by atoms with Crippen LogP contribution in [0.25, 0.3) is 0 Å². The first-order valence-corrected chi connectivity index (χ1v) is 7.35. The van der Waals surface area contributed by atoms with E-state index in [4.69, 9.17) is 0 Å². The third-order valence-electron chi connectivity index (χ3n) is 3.81. The number of halogens is 5. The second-order valence-electron chi connectivity index (χ2n) is 5.72. The van der Waals surface area contributed by atoms with Gasteiger partial charge in [-0.25, -0.2) is 13.6 Å². The highest BCUT2D eigenvalue weighted by atomic mass is 19.4. The Morgan fingerprint density at radius 2 is 1.96 bits per heavy atom. The van der Waals surface area contributed by atoms with Gasteiger partial charge in [0.1, 0.15) is 5.75 Å². The maximum Gasteiger partial charge on any atom is 0.573 e. The van der Waals surface area contributed by atoms with Crippen molar-refractivity contribution in [1.82, 2.24) is 10.6 Å². The van der Waals surface area contributed by atoms with Gasteiger partial charge in [0.25, 0.3) is 0 Å². The molecule has 1 aliphatic rings. The van der Waals surface area contributed by atoms with Crippen LogP contribution in [0.5, 0.6) is 5.75 Å². The molecule has 1 aromatic rings. The fraction of sp³-hybridized carbons (Fsp3) is 0.533. The molecule has 0 radical (unpaired) electrons. The molecule has 1 aromatic carbocycles. The molecule has 9 heteroatoms. The molecule has 24 heavy (non-hydrogen) atoms. The van der Waals surface area contributed by atoms with Gasteiger partial charge in [-0.1, -0.05) is 12.1 Å². The zero-order valence-corrected chi connectivity index (χ0v) is 12.7. The fourth-order valence-corrected chi connectivity index (χ4v) is 2.47. The third-order valence-corrected chi connectivity index (χ3v) is 3.81. The van der Waals surface area contributed by atoms with Gasteiger partial charge in [-0.3, -0.25) is 0 Å². The summed E-state index contributed by atoms with van der Waals surface area (Å²) in [5.74, 6) is -1.07. The predicted octanol–water partition coefficient (Wildman–Crippen LogP) is 3.99. The number of hydrogen-bond donors (Lipinski definition) is 2. The van der Waals surface area contributed by atoms with Crippen LogP contribution < -0.4 is 15.4 Å². The van der Waals surface area contributed by atoms with Gasteiger partial charge in [-0.15, -0.1) is 13.2 Å². The van der Waals surface area contributed by atoms with E-state index in [2.05, 4.69) is 15.4 Å². The van der Waals surface area contributed by atoms with E-state index in [1.165, 1.54) is 12.1 Å². The molecule has 0 saturated heterocycles. The van der Waals surface area contributed by atoms with Gasteiger partial charge in [-0.05, 0) is 37.5 Å². The molecule has 2 N–H and O–H groups in total. The molecule has 0 spiro atoms. The Morgan fingerprint density at radius 1 is 1.29 bits per heavy atom. The van der Waals surface area contributed by atoms with E-state index in [0.29, 0.717) is 5.56 Å². The summed E-state index contributed by atoms with van der Waals surface area (Å²) in [6.07, 6.45) is -6.75. The lowest BCUT2D eigenvalue weighted by atomic mass is 9.80. The predicted molar refractivity (Wildman–Crippen MR) is 75.7 cm³/mol. The van der Waals surface area contributed by atoms with E-state index in [9.17, 15) is 26.7 Å². The summed E-state index contributed by atoms with van der Waals surface area (Å²) in [4.78, 5) is 11.8. The minimum absolute atomic E-state index is 0.217. The number of carbonyl (C=O) groups excluding carboxylic acids is 1. The number of amides is 2. The van der Waals surface area contributed by atoms with E-state index in [1.54, 1.807) is 13.0 Å². The molecule has 4 nitrogen and oxygen atoms in total. The van der Waals surface area contributed by atoms with Gasteiger partial charge < -0.3 is 15.4 Å². The lowest BCUT2D eigenvalue weighted by Gasteiger charge is -2.35. The van der Waals surface area contributed by atoms with Crippen molar-refractivity contribution in [3.8, 4) is 5.75 Å². The molecule has 1 saturated carbocycles. The number of carbonyl (C=O) groups is 1. The molecule has 1 fully saturated rings. The molecular formula is C15H17F5N2O2. The summed E-state index contributed by atoms with van der Waals surface area (Å²) in [7, 11) is 0. The van der Waals surface area contributed by atoms with Crippen LogP contribution in [0.15, 0.2) is 24.3 Å². The van der Waals surface area contributed by atoms with Gasteiger partial charge in [0.05, 0.1) is 6.04 Å². The summed E-state index contributed by atoms with van der Waals surface area (Å²) in [6.45, 7) is 1.59. The Morgan fingerprint density at radius 3 is 2.54 bits per heavy atom. The monoisotopic (exact) mass is 352 g/mol. The first-order valence-electron chi connectivity index (χ1n) is 7.35. The summed E-state index contributed by atoms with van der Waals surface area (Å²) in [5.41, 5.74) is 0.422. The van der Waals surface area contributed by atoms with Gasteiger partial charge in [-0.2, -0.15) is 0 Å². The highest BCUT2D eigenvalue weighted by Gasteiger charge is 2.36. The number of alkyl halides is 5. The van der Waals surface area contributed by atoms with Crippen LogP contribution in [0.2, 0.25) is 0 Å². The van der Waals surface area contributed by atoms with E-state index < -0.39 is 30.8 Å². The minimum atomic E-state index is -4.79. The normalized spacial score (nSPS) is 21.8. The van der Waals surface area contributed by atoms with Crippen molar-refractivity contribution in [3.05, 3.63) is 29.8 Å². The standard InChI is InChI=1S/C15H17F5N2O2/c1-8(9-3-2-4-12(7-9)24-15(18,19)20)21-14(23)22-11-5-10(6-11)13(16)17/h2-4,7-8,10-11,13H,5-6H2,1H3,(H2,21,22,23)/t8-,10?,11?/m1/s1. The SMILES string of the molecule is C[C@@H](NC(=O)NC1CC(C(F)F)C1)c1cccc(OC(F)(F)F)c1. The van der Waals surface area contributed by atoms with Crippen LogP contribution in [0.3, 0.4) is 0 Å². The van der Waals surface area contributed by atoms with E-state index in [-0.39, 0.29) is 24.6 Å². The highest BCUT2D eigenvalue weighted by Crippen LogP contribution is 2.32.